The molecule has 1 rings (SSSR count). The summed E-state index contributed by atoms with van der Waals surface area (Å²) in [4.78, 5) is 2.40. The number of morpholine rings is 1. The molecule has 0 bridgehead atoms. The Balaban J connectivity index is 2.37. The van der Waals surface area contributed by atoms with Gasteiger partial charge in [-0.3, -0.25) is 4.90 Å². The summed E-state index contributed by atoms with van der Waals surface area (Å²) >= 11 is 0. The Kier molecular flexibility index (Phi) is 4.35. The third kappa shape index (κ3) is 3.56. The predicted octanol–water partition coefficient (Wildman–Crippen LogP) is 1.12. The summed E-state index contributed by atoms with van der Waals surface area (Å²) in [7, 11) is 0. The van der Waals surface area contributed by atoms with Gasteiger partial charge in [0.25, 0.3) is 0 Å². The van der Waals surface area contributed by atoms with Crippen LogP contribution in [0.1, 0.15) is 27.2 Å². The number of rotatable bonds is 4. The van der Waals surface area contributed by atoms with Crippen LogP contribution in [0.4, 0.5) is 0 Å². The maximum absolute atomic E-state index is 9.19. The van der Waals surface area contributed by atoms with Gasteiger partial charge in [0.2, 0.25) is 0 Å². The van der Waals surface area contributed by atoms with Crippen molar-refractivity contribution in [3.05, 3.63) is 0 Å². The number of hydrogen-bond acceptors (Lipinski definition) is 3. The van der Waals surface area contributed by atoms with Crippen LogP contribution in [0.25, 0.3) is 0 Å². The van der Waals surface area contributed by atoms with Gasteiger partial charge in [0.15, 0.2) is 0 Å². The monoisotopic (exact) mass is 201 g/mol. The average molecular weight is 201 g/mol. The molecule has 1 atom stereocenters. The van der Waals surface area contributed by atoms with Crippen molar-refractivity contribution < 1.29 is 9.84 Å². The molecule has 1 saturated heterocycles. The van der Waals surface area contributed by atoms with Gasteiger partial charge in [-0.05, 0) is 6.42 Å². The topological polar surface area (TPSA) is 32.7 Å². The smallest absolute Gasteiger partial charge is 0.0700 e. The molecule has 84 valence electrons. The average Bonchev–Trinajstić information content (AvgIpc) is 2.17. The van der Waals surface area contributed by atoms with Crippen LogP contribution in [0, 0.1) is 5.41 Å². The number of aliphatic hydroxyl groups excluding tert-OH is 1. The minimum Gasteiger partial charge on any atom is -0.396 e. The van der Waals surface area contributed by atoms with Crippen LogP contribution >= 0.6 is 0 Å². The molecule has 0 amide bonds. The highest BCUT2D eigenvalue weighted by Gasteiger charge is 2.25. The maximum atomic E-state index is 9.19. The van der Waals surface area contributed by atoms with Crippen molar-refractivity contribution in [2.75, 3.05) is 32.8 Å². The zero-order valence-electron chi connectivity index (χ0n) is 9.62. The molecule has 0 spiro atoms. The van der Waals surface area contributed by atoms with E-state index < -0.39 is 0 Å². The van der Waals surface area contributed by atoms with Crippen LogP contribution in [-0.4, -0.2) is 49.0 Å². The Morgan fingerprint density at radius 2 is 2.21 bits per heavy atom. The van der Waals surface area contributed by atoms with E-state index in [0.29, 0.717) is 6.10 Å². The minimum atomic E-state index is 0.00955. The second-order valence-electron chi connectivity index (χ2n) is 4.96. The molecule has 0 saturated carbocycles. The predicted molar refractivity (Wildman–Crippen MR) is 57.3 cm³/mol. The summed E-state index contributed by atoms with van der Waals surface area (Å²) in [5.41, 5.74) is 0.00955. The van der Waals surface area contributed by atoms with E-state index in [9.17, 15) is 5.11 Å². The van der Waals surface area contributed by atoms with Crippen molar-refractivity contribution >= 4 is 0 Å². The molecule has 0 aromatic carbocycles. The quantitative estimate of drug-likeness (QED) is 0.739. The maximum Gasteiger partial charge on any atom is 0.0700 e. The first-order valence-electron chi connectivity index (χ1n) is 5.52. The Morgan fingerprint density at radius 3 is 2.79 bits per heavy atom. The fraction of sp³-hybridized carbons (Fsp3) is 1.00. The number of ether oxygens (including phenoxy) is 1. The molecule has 0 aromatic heterocycles. The van der Waals surface area contributed by atoms with E-state index >= 15 is 0 Å². The first-order valence-corrected chi connectivity index (χ1v) is 5.52. The van der Waals surface area contributed by atoms with E-state index in [4.69, 9.17) is 4.74 Å². The van der Waals surface area contributed by atoms with Gasteiger partial charge in [-0.25, -0.2) is 0 Å². The van der Waals surface area contributed by atoms with Crippen molar-refractivity contribution in [1.29, 1.82) is 0 Å². The highest BCUT2D eigenvalue weighted by molar-refractivity contribution is 4.77. The summed E-state index contributed by atoms with van der Waals surface area (Å²) in [6, 6.07) is 0. The highest BCUT2D eigenvalue weighted by Crippen LogP contribution is 2.18. The van der Waals surface area contributed by atoms with Crippen LogP contribution < -0.4 is 0 Å². The summed E-state index contributed by atoms with van der Waals surface area (Å²) in [5, 5.41) is 9.19. The fourth-order valence-electron chi connectivity index (χ4n) is 1.83. The van der Waals surface area contributed by atoms with Crippen molar-refractivity contribution in [1.82, 2.24) is 4.90 Å². The molecule has 14 heavy (non-hydrogen) atoms. The van der Waals surface area contributed by atoms with Gasteiger partial charge in [0.05, 0.1) is 12.7 Å². The molecular weight excluding hydrogens is 178 g/mol. The van der Waals surface area contributed by atoms with E-state index in [0.717, 1.165) is 32.7 Å². The SMILES string of the molecule is CCC1CN(CC(C)(C)CO)CCO1. The Morgan fingerprint density at radius 1 is 1.50 bits per heavy atom. The molecule has 1 aliphatic heterocycles. The van der Waals surface area contributed by atoms with E-state index in [-0.39, 0.29) is 12.0 Å². The molecule has 1 fully saturated rings. The summed E-state index contributed by atoms with van der Waals surface area (Å²) in [6.07, 6.45) is 1.47. The molecule has 1 heterocycles. The van der Waals surface area contributed by atoms with E-state index in [2.05, 4.69) is 25.7 Å². The first kappa shape index (κ1) is 12.0. The summed E-state index contributed by atoms with van der Waals surface area (Å²) < 4.78 is 5.60. The molecule has 3 nitrogen and oxygen atoms in total. The van der Waals surface area contributed by atoms with Crippen LogP contribution in [0.15, 0.2) is 0 Å². The molecule has 1 N–H and O–H groups in total. The molecule has 0 radical (unpaired) electrons. The lowest BCUT2D eigenvalue weighted by atomic mass is 9.94. The lowest BCUT2D eigenvalue weighted by Gasteiger charge is -2.37. The Hall–Kier alpha value is -0.120. The van der Waals surface area contributed by atoms with Gasteiger partial charge >= 0.3 is 0 Å². The largest absolute Gasteiger partial charge is 0.396 e. The van der Waals surface area contributed by atoms with E-state index in [1.807, 2.05) is 0 Å². The molecule has 0 aromatic rings. The third-order valence-electron chi connectivity index (χ3n) is 2.76. The minimum absolute atomic E-state index is 0.00955. The second-order valence-corrected chi connectivity index (χ2v) is 4.96. The van der Waals surface area contributed by atoms with Crippen LogP contribution in [0.2, 0.25) is 0 Å². The van der Waals surface area contributed by atoms with Crippen LogP contribution in [0.3, 0.4) is 0 Å². The first-order chi connectivity index (χ1) is 6.57. The summed E-state index contributed by atoms with van der Waals surface area (Å²) in [5.74, 6) is 0. The zero-order chi connectivity index (χ0) is 10.6. The van der Waals surface area contributed by atoms with Gasteiger partial charge in [-0.15, -0.1) is 0 Å². The normalized spacial score (nSPS) is 25.3. The second kappa shape index (κ2) is 5.10. The van der Waals surface area contributed by atoms with Gasteiger partial charge in [-0.1, -0.05) is 20.8 Å². The Labute approximate surface area is 87.1 Å². The molecular formula is C11H23NO2. The number of nitrogens with zero attached hydrogens (tertiary/aromatic N) is 1. The van der Waals surface area contributed by atoms with Gasteiger partial charge in [0, 0.05) is 31.7 Å². The van der Waals surface area contributed by atoms with Crippen molar-refractivity contribution in [2.24, 2.45) is 5.41 Å². The molecule has 1 unspecified atom stereocenters. The lowest BCUT2D eigenvalue weighted by molar-refractivity contribution is -0.0440. The third-order valence-corrected chi connectivity index (χ3v) is 2.76. The standard InChI is InChI=1S/C11H23NO2/c1-4-10-7-12(5-6-14-10)8-11(2,3)9-13/h10,13H,4-9H2,1-3H3. The molecule has 3 heteroatoms. The molecule has 0 aliphatic carbocycles. The zero-order valence-corrected chi connectivity index (χ0v) is 9.62. The van der Waals surface area contributed by atoms with E-state index in [1.54, 1.807) is 0 Å². The van der Waals surface area contributed by atoms with Crippen molar-refractivity contribution in [3.8, 4) is 0 Å². The highest BCUT2D eigenvalue weighted by atomic mass is 16.5. The van der Waals surface area contributed by atoms with Gasteiger partial charge < -0.3 is 9.84 Å². The van der Waals surface area contributed by atoms with Gasteiger partial charge in [-0.2, -0.15) is 0 Å². The van der Waals surface area contributed by atoms with E-state index in [1.165, 1.54) is 0 Å². The molecule has 1 aliphatic rings. The Bertz CT molecular complexity index is 171. The van der Waals surface area contributed by atoms with Crippen LogP contribution in [0.5, 0.6) is 0 Å². The van der Waals surface area contributed by atoms with Gasteiger partial charge in [0.1, 0.15) is 0 Å². The summed E-state index contributed by atoms with van der Waals surface area (Å²) in [6.45, 7) is 10.4. The lowest BCUT2D eigenvalue weighted by Crippen LogP contribution is -2.46. The van der Waals surface area contributed by atoms with Crippen LogP contribution in [-0.2, 0) is 4.74 Å². The van der Waals surface area contributed by atoms with Crippen molar-refractivity contribution in [2.45, 2.75) is 33.3 Å². The number of aliphatic hydroxyl groups is 1. The fourth-order valence-corrected chi connectivity index (χ4v) is 1.83. The van der Waals surface area contributed by atoms with Crippen molar-refractivity contribution in [3.63, 3.8) is 0 Å². The number of hydrogen-bond donors (Lipinski definition) is 1.